The van der Waals surface area contributed by atoms with Crippen LogP contribution in [0.4, 0.5) is 0 Å². The number of hydrogen-bond donors (Lipinski definition) is 0. The van der Waals surface area contributed by atoms with Gasteiger partial charge in [0, 0.05) is 5.41 Å². The maximum absolute atomic E-state index is 2.33. The van der Waals surface area contributed by atoms with Crippen LogP contribution in [0.3, 0.4) is 0 Å². The Morgan fingerprint density at radius 1 is 1.17 bits per heavy atom. The predicted molar refractivity (Wildman–Crippen MR) is 50.8 cm³/mol. The van der Waals surface area contributed by atoms with Crippen LogP contribution in [0.15, 0.2) is 29.8 Å². The molecule has 0 atom stereocenters. The topological polar surface area (TPSA) is 0 Å². The van der Waals surface area contributed by atoms with Gasteiger partial charge in [0.2, 0.25) is 0 Å². The molecule has 1 aromatic rings. The molecule has 0 N–H and O–H groups in total. The average molecular weight is 156 g/mol. The lowest BCUT2D eigenvalue weighted by atomic mass is 9.90. The monoisotopic (exact) mass is 156 g/mol. The van der Waals surface area contributed by atoms with E-state index in [1.54, 1.807) is 11.1 Å². The predicted octanol–water partition coefficient (Wildman–Crippen LogP) is 3.04. The molecule has 0 spiro atoms. The molecular weight excluding hydrogens is 144 g/mol. The van der Waals surface area contributed by atoms with Gasteiger partial charge in [-0.15, -0.1) is 0 Å². The van der Waals surface area contributed by atoms with Gasteiger partial charge in [-0.2, -0.15) is 0 Å². The molecule has 0 aromatic heterocycles. The molecule has 0 aliphatic heterocycles. The van der Waals surface area contributed by atoms with E-state index in [4.69, 9.17) is 0 Å². The molecule has 0 unspecified atom stereocenters. The van der Waals surface area contributed by atoms with E-state index in [0.29, 0.717) is 5.41 Å². The van der Waals surface area contributed by atoms with Gasteiger partial charge in [0.1, 0.15) is 0 Å². The van der Waals surface area contributed by atoms with Crippen molar-refractivity contribution in [3.8, 4) is 0 Å². The first-order chi connectivity index (χ1) is 5.71. The van der Waals surface area contributed by atoms with E-state index in [1.807, 2.05) is 0 Å². The highest BCUT2D eigenvalue weighted by atomic mass is 14.5. The SMILES string of the molecule is CC1(C)C2=C1c1ccccc1C2. The van der Waals surface area contributed by atoms with Crippen molar-refractivity contribution in [3.05, 3.63) is 41.0 Å². The summed E-state index contributed by atoms with van der Waals surface area (Å²) in [5.41, 5.74) is 6.77. The van der Waals surface area contributed by atoms with Crippen LogP contribution >= 0.6 is 0 Å². The Kier molecular flexibility index (Phi) is 0.894. The molecule has 0 heteroatoms. The van der Waals surface area contributed by atoms with Gasteiger partial charge >= 0.3 is 0 Å². The van der Waals surface area contributed by atoms with E-state index in [2.05, 4.69) is 38.1 Å². The van der Waals surface area contributed by atoms with Gasteiger partial charge in [0.15, 0.2) is 0 Å². The molecule has 3 rings (SSSR count). The summed E-state index contributed by atoms with van der Waals surface area (Å²) >= 11 is 0. The van der Waals surface area contributed by atoms with E-state index in [0.717, 1.165) is 0 Å². The van der Waals surface area contributed by atoms with Gasteiger partial charge < -0.3 is 0 Å². The molecule has 2 aliphatic rings. The lowest BCUT2D eigenvalue weighted by Gasteiger charge is -2.13. The molecule has 60 valence electrons. The first-order valence-corrected chi connectivity index (χ1v) is 4.53. The zero-order valence-electron chi connectivity index (χ0n) is 7.52. The third kappa shape index (κ3) is 0.556. The van der Waals surface area contributed by atoms with Crippen molar-refractivity contribution in [3.63, 3.8) is 0 Å². The van der Waals surface area contributed by atoms with E-state index in [-0.39, 0.29) is 0 Å². The van der Waals surface area contributed by atoms with Crippen molar-refractivity contribution >= 4 is 5.57 Å². The van der Waals surface area contributed by atoms with Crippen LogP contribution in [0.2, 0.25) is 0 Å². The van der Waals surface area contributed by atoms with E-state index in [1.165, 1.54) is 17.5 Å². The van der Waals surface area contributed by atoms with Crippen molar-refractivity contribution in [2.75, 3.05) is 0 Å². The summed E-state index contributed by atoms with van der Waals surface area (Å²) in [7, 11) is 0. The summed E-state index contributed by atoms with van der Waals surface area (Å²) in [6, 6.07) is 8.78. The molecule has 2 aliphatic carbocycles. The second kappa shape index (κ2) is 1.66. The van der Waals surface area contributed by atoms with Gasteiger partial charge in [-0.05, 0) is 23.1 Å². The summed E-state index contributed by atoms with van der Waals surface area (Å²) < 4.78 is 0. The molecule has 12 heavy (non-hydrogen) atoms. The summed E-state index contributed by atoms with van der Waals surface area (Å²) in [5.74, 6) is 0. The molecular formula is C12H12. The van der Waals surface area contributed by atoms with Crippen LogP contribution in [0.25, 0.3) is 5.57 Å². The fraction of sp³-hybridized carbons (Fsp3) is 0.333. The highest BCUT2D eigenvalue weighted by Crippen LogP contribution is 2.63. The summed E-state index contributed by atoms with van der Waals surface area (Å²) in [4.78, 5) is 0. The lowest BCUT2D eigenvalue weighted by molar-refractivity contribution is 0.686. The Hall–Kier alpha value is -1.04. The van der Waals surface area contributed by atoms with Crippen LogP contribution < -0.4 is 0 Å². The molecule has 0 heterocycles. The minimum absolute atomic E-state index is 0.439. The minimum atomic E-state index is 0.439. The Balaban J connectivity index is 2.17. The van der Waals surface area contributed by atoms with Crippen molar-refractivity contribution in [1.82, 2.24) is 0 Å². The number of benzene rings is 1. The van der Waals surface area contributed by atoms with Crippen molar-refractivity contribution in [2.24, 2.45) is 5.41 Å². The Morgan fingerprint density at radius 3 is 2.75 bits per heavy atom. The summed E-state index contributed by atoms with van der Waals surface area (Å²) in [6.45, 7) is 4.65. The smallest absolute Gasteiger partial charge is 0.0121 e. The normalized spacial score (nSPS) is 22.2. The van der Waals surface area contributed by atoms with Crippen LogP contribution in [0.5, 0.6) is 0 Å². The highest BCUT2D eigenvalue weighted by molar-refractivity contribution is 5.94. The summed E-state index contributed by atoms with van der Waals surface area (Å²) in [6.07, 6.45) is 1.21. The van der Waals surface area contributed by atoms with E-state index < -0.39 is 0 Å². The number of allylic oxidation sites excluding steroid dienone is 2. The quantitative estimate of drug-likeness (QED) is 0.541. The summed E-state index contributed by atoms with van der Waals surface area (Å²) in [5, 5.41) is 0. The molecule has 0 saturated carbocycles. The number of rotatable bonds is 0. The van der Waals surface area contributed by atoms with Crippen LogP contribution in [-0.2, 0) is 6.42 Å². The maximum atomic E-state index is 2.33. The Morgan fingerprint density at radius 2 is 1.92 bits per heavy atom. The first-order valence-electron chi connectivity index (χ1n) is 4.53. The lowest BCUT2D eigenvalue weighted by Crippen LogP contribution is -2.01. The molecule has 0 radical (unpaired) electrons. The van der Waals surface area contributed by atoms with Crippen LogP contribution in [0, 0.1) is 5.41 Å². The first kappa shape index (κ1) is 6.47. The van der Waals surface area contributed by atoms with Crippen LogP contribution in [0.1, 0.15) is 25.0 Å². The van der Waals surface area contributed by atoms with Crippen molar-refractivity contribution in [1.29, 1.82) is 0 Å². The number of fused-ring (bicyclic) bond motifs is 2. The largest absolute Gasteiger partial charge is 0.0619 e. The fourth-order valence-electron chi connectivity index (χ4n) is 2.46. The minimum Gasteiger partial charge on any atom is -0.0619 e. The van der Waals surface area contributed by atoms with Crippen LogP contribution in [-0.4, -0.2) is 0 Å². The van der Waals surface area contributed by atoms with E-state index >= 15 is 0 Å². The van der Waals surface area contributed by atoms with Crippen molar-refractivity contribution in [2.45, 2.75) is 20.3 Å². The standard InChI is InChI=1S/C12H12/c1-12(2)10-7-8-5-3-4-6-9(8)11(10)12/h3-6H,7H2,1-2H3. The second-order valence-corrected chi connectivity index (χ2v) is 4.31. The van der Waals surface area contributed by atoms with Gasteiger partial charge in [-0.1, -0.05) is 43.7 Å². The molecule has 0 nitrogen and oxygen atoms in total. The van der Waals surface area contributed by atoms with Crippen molar-refractivity contribution < 1.29 is 0 Å². The average Bonchev–Trinajstić information content (AvgIpc) is 2.46. The third-order valence-electron chi connectivity index (χ3n) is 3.27. The van der Waals surface area contributed by atoms with Gasteiger partial charge in [-0.3, -0.25) is 0 Å². The molecule has 0 bridgehead atoms. The van der Waals surface area contributed by atoms with Gasteiger partial charge in [0.25, 0.3) is 0 Å². The fourth-order valence-corrected chi connectivity index (χ4v) is 2.46. The van der Waals surface area contributed by atoms with E-state index in [9.17, 15) is 0 Å². The Labute approximate surface area is 72.9 Å². The molecule has 1 aromatic carbocycles. The zero-order valence-corrected chi connectivity index (χ0v) is 7.52. The zero-order chi connectivity index (χ0) is 8.34. The second-order valence-electron chi connectivity index (χ2n) is 4.31. The van der Waals surface area contributed by atoms with Gasteiger partial charge in [-0.25, -0.2) is 0 Å². The molecule has 0 saturated heterocycles. The highest BCUT2D eigenvalue weighted by Gasteiger charge is 2.49. The Bertz CT molecular complexity index is 394. The maximum Gasteiger partial charge on any atom is 0.0121 e. The number of hydrogen-bond acceptors (Lipinski definition) is 0. The molecule has 0 fully saturated rings. The molecule has 0 amide bonds. The third-order valence-corrected chi connectivity index (χ3v) is 3.27. The van der Waals surface area contributed by atoms with Gasteiger partial charge in [0.05, 0.1) is 0 Å².